The van der Waals surface area contributed by atoms with Crippen LogP contribution in [0, 0.1) is 5.41 Å². The molecule has 0 bridgehead atoms. The lowest BCUT2D eigenvalue weighted by Crippen LogP contribution is -2.47. The maximum absolute atomic E-state index is 12.7. The van der Waals surface area contributed by atoms with Crippen molar-refractivity contribution in [2.24, 2.45) is 10.4 Å². The van der Waals surface area contributed by atoms with Crippen LogP contribution in [0.4, 0.5) is 5.69 Å². The van der Waals surface area contributed by atoms with Crippen LogP contribution in [0.25, 0.3) is 0 Å². The molecule has 6 nitrogen and oxygen atoms in total. The number of para-hydroxylation sites is 1. The number of carbonyl (C=O) groups is 1. The number of carbonyl (C=O) groups excluding carboxylic acids is 1. The van der Waals surface area contributed by atoms with Gasteiger partial charge in [-0.3, -0.25) is 4.79 Å². The normalized spacial score (nSPS) is 18.0. The first-order valence-corrected chi connectivity index (χ1v) is 10.1. The molecular formula is C21H32N4O2. The van der Waals surface area contributed by atoms with Crippen LogP contribution in [0.2, 0.25) is 0 Å². The van der Waals surface area contributed by atoms with Crippen LogP contribution in [-0.2, 0) is 16.0 Å². The molecule has 0 atom stereocenters. The Hall–Kier alpha value is -2.08. The predicted octanol–water partition coefficient (Wildman–Crippen LogP) is 2.34. The van der Waals surface area contributed by atoms with Gasteiger partial charge in [-0.2, -0.15) is 0 Å². The lowest BCUT2D eigenvalue weighted by Gasteiger charge is -2.42. The summed E-state index contributed by atoms with van der Waals surface area (Å²) in [5.41, 5.74) is 2.58. The van der Waals surface area contributed by atoms with Gasteiger partial charge in [-0.1, -0.05) is 24.6 Å². The number of fused-ring (bicyclic) bond motifs is 1. The Morgan fingerprint density at radius 2 is 2.11 bits per heavy atom. The van der Waals surface area contributed by atoms with E-state index in [2.05, 4.69) is 21.7 Å². The summed E-state index contributed by atoms with van der Waals surface area (Å²) in [5, 5.41) is 6.71. The summed E-state index contributed by atoms with van der Waals surface area (Å²) >= 11 is 0. The van der Waals surface area contributed by atoms with Gasteiger partial charge in [0.2, 0.25) is 5.91 Å². The van der Waals surface area contributed by atoms with E-state index in [4.69, 9.17) is 4.74 Å². The minimum absolute atomic E-state index is 0.0508. The lowest BCUT2D eigenvalue weighted by molar-refractivity contribution is -0.117. The first kappa shape index (κ1) is 19.7. The zero-order valence-corrected chi connectivity index (χ0v) is 16.6. The zero-order chi connectivity index (χ0) is 19.1. The molecular weight excluding hydrogens is 340 g/mol. The van der Waals surface area contributed by atoms with Crippen molar-refractivity contribution < 1.29 is 9.53 Å². The summed E-state index contributed by atoms with van der Waals surface area (Å²) in [6.45, 7) is 5.40. The summed E-state index contributed by atoms with van der Waals surface area (Å²) < 4.78 is 5.27. The Kier molecular flexibility index (Phi) is 6.72. The first-order valence-electron chi connectivity index (χ1n) is 10.1. The minimum Gasteiger partial charge on any atom is -0.385 e. The van der Waals surface area contributed by atoms with Crippen molar-refractivity contribution >= 4 is 17.6 Å². The molecule has 1 aromatic carbocycles. The van der Waals surface area contributed by atoms with Crippen LogP contribution < -0.4 is 15.5 Å². The number of ether oxygens (including phenoxy) is 1. The summed E-state index contributed by atoms with van der Waals surface area (Å²) in [6.07, 6.45) is 5.73. The van der Waals surface area contributed by atoms with Crippen LogP contribution >= 0.6 is 0 Å². The molecule has 0 saturated heterocycles. The summed E-state index contributed by atoms with van der Waals surface area (Å²) in [6, 6.07) is 8.12. The molecule has 2 aliphatic rings. The Morgan fingerprint density at radius 3 is 2.81 bits per heavy atom. The van der Waals surface area contributed by atoms with Gasteiger partial charge in [0.1, 0.15) is 6.54 Å². The molecule has 0 aromatic heterocycles. The third kappa shape index (κ3) is 4.80. The van der Waals surface area contributed by atoms with E-state index in [1.807, 2.05) is 30.0 Å². The van der Waals surface area contributed by atoms with E-state index in [-0.39, 0.29) is 12.5 Å². The second-order valence-electron chi connectivity index (χ2n) is 7.57. The number of amides is 1. The number of methoxy groups -OCH3 is 1. The van der Waals surface area contributed by atoms with Crippen molar-refractivity contribution in [3.8, 4) is 0 Å². The molecule has 0 unspecified atom stereocenters. The maximum Gasteiger partial charge on any atom is 0.248 e. The smallest absolute Gasteiger partial charge is 0.248 e. The highest BCUT2D eigenvalue weighted by Gasteiger charge is 2.36. The molecule has 148 valence electrons. The van der Waals surface area contributed by atoms with Gasteiger partial charge in [0.25, 0.3) is 0 Å². The van der Waals surface area contributed by atoms with Crippen molar-refractivity contribution in [2.75, 3.05) is 44.8 Å². The molecule has 2 N–H and O–H groups in total. The number of nitrogens with zero attached hydrogens (tertiary/aromatic N) is 2. The van der Waals surface area contributed by atoms with E-state index in [0.29, 0.717) is 5.41 Å². The number of benzene rings is 1. The predicted molar refractivity (Wildman–Crippen MR) is 109 cm³/mol. The average Bonchev–Trinajstić information content (AvgIpc) is 3.08. The Balaban J connectivity index is 1.56. The lowest BCUT2D eigenvalue weighted by atomic mass is 9.67. The van der Waals surface area contributed by atoms with Gasteiger partial charge in [-0.15, -0.1) is 0 Å². The fraction of sp³-hybridized carbons (Fsp3) is 0.619. The number of aliphatic imine (C=N–C) groups is 1. The SMILES string of the molecule is CCNC(=NCC(=O)N1CCc2ccccc21)NCC1(CCOC)CCC1. The number of guanidine groups is 1. The second-order valence-corrected chi connectivity index (χ2v) is 7.57. The highest BCUT2D eigenvalue weighted by molar-refractivity contribution is 5.98. The van der Waals surface area contributed by atoms with Crippen LogP contribution in [0.15, 0.2) is 29.3 Å². The van der Waals surface area contributed by atoms with Gasteiger partial charge < -0.3 is 20.3 Å². The number of hydrogen-bond acceptors (Lipinski definition) is 3. The molecule has 1 amide bonds. The van der Waals surface area contributed by atoms with Gasteiger partial charge in [-0.25, -0.2) is 4.99 Å². The first-order chi connectivity index (χ1) is 13.2. The van der Waals surface area contributed by atoms with Gasteiger partial charge >= 0.3 is 0 Å². The fourth-order valence-electron chi connectivity index (χ4n) is 3.95. The summed E-state index contributed by atoms with van der Waals surface area (Å²) in [7, 11) is 1.76. The fourth-order valence-corrected chi connectivity index (χ4v) is 3.95. The quantitative estimate of drug-likeness (QED) is 0.543. The van der Waals surface area contributed by atoms with Crippen LogP contribution in [0.3, 0.4) is 0 Å². The molecule has 1 aliphatic carbocycles. The number of hydrogen-bond donors (Lipinski definition) is 2. The third-order valence-electron chi connectivity index (χ3n) is 5.79. The van der Waals surface area contributed by atoms with Crippen molar-refractivity contribution in [2.45, 2.75) is 39.0 Å². The van der Waals surface area contributed by atoms with Gasteiger partial charge in [0.05, 0.1) is 0 Å². The molecule has 27 heavy (non-hydrogen) atoms. The number of anilines is 1. The second kappa shape index (κ2) is 9.22. The van der Waals surface area contributed by atoms with Crippen molar-refractivity contribution in [1.82, 2.24) is 10.6 Å². The monoisotopic (exact) mass is 372 g/mol. The van der Waals surface area contributed by atoms with Gasteiger partial charge in [0, 0.05) is 39.0 Å². The van der Waals surface area contributed by atoms with Crippen molar-refractivity contribution in [3.63, 3.8) is 0 Å². The molecule has 1 heterocycles. The molecule has 3 rings (SSSR count). The van der Waals surface area contributed by atoms with E-state index in [9.17, 15) is 4.79 Å². The van der Waals surface area contributed by atoms with Crippen LogP contribution in [0.1, 0.15) is 38.2 Å². The Morgan fingerprint density at radius 1 is 1.30 bits per heavy atom. The molecule has 0 radical (unpaired) electrons. The van der Waals surface area contributed by atoms with E-state index in [0.717, 1.165) is 50.7 Å². The topological polar surface area (TPSA) is 66.0 Å². The molecule has 0 spiro atoms. The minimum atomic E-state index is 0.0508. The van der Waals surface area contributed by atoms with Crippen molar-refractivity contribution in [1.29, 1.82) is 0 Å². The molecule has 1 aromatic rings. The highest BCUT2D eigenvalue weighted by Crippen LogP contribution is 2.43. The van der Waals surface area contributed by atoms with Gasteiger partial charge in [-0.05, 0) is 49.7 Å². The largest absolute Gasteiger partial charge is 0.385 e. The third-order valence-corrected chi connectivity index (χ3v) is 5.79. The number of nitrogens with one attached hydrogen (secondary N) is 2. The van der Waals surface area contributed by atoms with E-state index in [1.165, 1.54) is 24.8 Å². The highest BCUT2D eigenvalue weighted by atomic mass is 16.5. The molecule has 6 heteroatoms. The zero-order valence-electron chi connectivity index (χ0n) is 16.6. The van der Waals surface area contributed by atoms with Crippen LogP contribution in [0.5, 0.6) is 0 Å². The van der Waals surface area contributed by atoms with Gasteiger partial charge in [0.15, 0.2) is 5.96 Å². The standard InChI is InChI=1S/C21H32N4O2/c1-3-22-20(24-16-21(10-6-11-21)12-14-27-2)23-15-19(26)25-13-9-17-7-4-5-8-18(17)25/h4-5,7-8H,3,6,9-16H2,1-2H3,(H2,22,23,24). The van der Waals surface area contributed by atoms with E-state index < -0.39 is 0 Å². The maximum atomic E-state index is 12.7. The molecule has 1 fully saturated rings. The Labute approximate surface area is 162 Å². The van der Waals surface area contributed by atoms with Crippen LogP contribution in [-0.4, -0.2) is 51.8 Å². The Bertz CT molecular complexity index is 670. The summed E-state index contributed by atoms with van der Waals surface area (Å²) in [5.74, 6) is 0.775. The average molecular weight is 373 g/mol. The van der Waals surface area contributed by atoms with Crippen molar-refractivity contribution in [3.05, 3.63) is 29.8 Å². The molecule has 1 saturated carbocycles. The van der Waals surface area contributed by atoms with E-state index >= 15 is 0 Å². The summed E-state index contributed by atoms with van der Waals surface area (Å²) in [4.78, 5) is 19.1. The van der Waals surface area contributed by atoms with E-state index in [1.54, 1.807) is 7.11 Å². The molecule has 1 aliphatic heterocycles. The number of rotatable bonds is 8.